The third-order valence-corrected chi connectivity index (χ3v) is 8.26. The van der Waals surface area contributed by atoms with Gasteiger partial charge in [0.05, 0.1) is 6.04 Å². The summed E-state index contributed by atoms with van der Waals surface area (Å²) in [6.45, 7) is 0.920. The van der Waals surface area contributed by atoms with Crippen LogP contribution in [0.15, 0.2) is 84.9 Å². The summed E-state index contributed by atoms with van der Waals surface area (Å²) in [6, 6.07) is 26.1. The van der Waals surface area contributed by atoms with Crippen LogP contribution in [0.4, 0.5) is 0 Å². The maximum atomic E-state index is 14.0. The van der Waals surface area contributed by atoms with Gasteiger partial charge < -0.3 is 20.3 Å². The Balaban J connectivity index is 1.27. The molecule has 3 aromatic carbocycles. The van der Waals surface area contributed by atoms with Crippen LogP contribution in [-0.4, -0.2) is 47.2 Å². The van der Waals surface area contributed by atoms with Gasteiger partial charge in [0.15, 0.2) is 0 Å². The number of Topliss-reactive ketones (excluding diaryl/α,β-unsaturated/α-hetero) is 1. The predicted octanol–water partition coefficient (Wildman–Crippen LogP) is 5.58. The molecule has 7 nitrogen and oxygen atoms in total. The van der Waals surface area contributed by atoms with Gasteiger partial charge in [0.25, 0.3) is 5.91 Å². The smallest absolute Gasteiger partial charge is 0.289 e. The van der Waals surface area contributed by atoms with Crippen LogP contribution in [0.25, 0.3) is 0 Å². The minimum absolute atomic E-state index is 0.0450. The zero-order valence-corrected chi connectivity index (χ0v) is 24.2. The molecule has 1 saturated heterocycles. The van der Waals surface area contributed by atoms with Crippen molar-refractivity contribution in [2.24, 2.45) is 0 Å². The number of para-hydroxylation sites is 1. The first-order valence-corrected chi connectivity index (χ1v) is 15.3. The fourth-order valence-corrected chi connectivity index (χ4v) is 6.02. The Morgan fingerprint density at radius 1 is 0.762 bits per heavy atom. The maximum absolute atomic E-state index is 14.0. The van der Waals surface area contributed by atoms with E-state index in [-0.39, 0.29) is 11.9 Å². The van der Waals surface area contributed by atoms with Gasteiger partial charge >= 0.3 is 0 Å². The van der Waals surface area contributed by atoms with Crippen LogP contribution in [0.5, 0.6) is 11.5 Å². The molecule has 1 heterocycles. The van der Waals surface area contributed by atoms with Crippen molar-refractivity contribution >= 4 is 17.6 Å². The van der Waals surface area contributed by atoms with Crippen LogP contribution in [0.3, 0.4) is 0 Å². The Hall–Kier alpha value is -3.97. The maximum Gasteiger partial charge on any atom is 0.289 e. The van der Waals surface area contributed by atoms with Gasteiger partial charge in [-0.1, -0.05) is 86.3 Å². The van der Waals surface area contributed by atoms with Crippen LogP contribution in [0.1, 0.15) is 62.5 Å². The van der Waals surface area contributed by atoms with Crippen molar-refractivity contribution in [1.82, 2.24) is 15.5 Å². The second-order valence-electron chi connectivity index (χ2n) is 11.4. The lowest BCUT2D eigenvalue weighted by Crippen LogP contribution is -2.53. The van der Waals surface area contributed by atoms with E-state index < -0.39 is 23.8 Å². The average Bonchev–Trinajstić information content (AvgIpc) is 3.37. The summed E-state index contributed by atoms with van der Waals surface area (Å²) in [6.07, 6.45) is 8.00. The molecular weight excluding hydrogens is 526 g/mol. The van der Waals surface area contributed by atoms with E-state index in [1.165, 1.54) is 12.8 Å². The third kappa shape index (κ3) is 8.07. The molecule has 3 aromatic rings. The zero-order valence-electron chi connectivity index (χ0n) is 24.2. The van der Waals surface area contributed by atoms with Gasteiger partial charge in [-0.25, -0.2) is 0 Å². The molecule has 2 amide bonds. The van der Waals surface area contributed by atoms with Crippen LogP contribution in [0, 0.1) is 0 Å². The van der Waals surface area contributed by atoms with Crippen molar-refractivity contribution in [2.45, 2.75) is 82.5 Å². The fraction of sp³-hybridized carbons (Fsp3) is 0.400. The van der Waals surface area contributed by atoms with Gasteiger partial charge in [-0.2, -0.15) is 0 Å². The van der Waals surface area contributed by atoms with Gasteiger partial charge in [0.1, 0.15) is 17.5 Å². The first-order valence-electron chi connectivity index (χ1n) is 15.3. The van der Waals surface area contributed by atoms with Gasteiger partial charge in [-0.3, -0.25) is 14.4 Å². The molecule has 2 fully saturated rings. The Labute approximate surface area is 248 Å². The van der Waals surface area contributed by atoms with Crippen molar-refractivity contribution in [3.63, 3.8) is 0 Å². The summed E-state index contributed by atoms with van der Waals surface area (Å²) in [5.41, 5.74) is 2.00. The molecule has 5 rings (SSSR count). The number of carbonyl (C=O) groups is 3. The summed E-state index contributed by atoms with van der Waals surface area (Å²) in [7, 11) is 0. The Bertz CT molecular complexity index is 1320. The molecule has 0 unspecified atom stereocenters. The minimum Gasteiger partial charge on any atom is -0.457 e. The number of ketones is 1. The fourth-order valence-electron chi connectivity index (χ4n) is 6.02. The Kier molecular flexibility index (Phi) is 10.4. The molecule has 0 spiro atoms. The molecule has 0 bridgehead atoms. The number of carbonyl (C=O) groups excluding carboxylic acids is 3. The number of benzene rings is 3. The quantitative estimate of drug-likeness (QED) is 0.233. The van der Waals surface area contributed by atoms with E-state index in [0.717, 1.165) is 48.3 Å². The van der Waals surface area contributed by atoms with E-state index in [2.05, 4.69) is 10.6 Å². The lowest BCUT2D eigenvalue weighted by Gasteiger charge is -2.29. The molecule has 1 aliphatic carbocycles. The van der Waals surface area contributed by atoms with Crippen molar-refractivity contribution in [3.05, 3.63) is 96.1 Å². The summed E-state index contributed by atoms with van der Waals surface area (Å²) < 4.78 is 6.00. The van der Waals surface area contributed by atoms with E-state index in [0.29, 0.717) is 32.4 Å². The number of hydrogen-bond donors (Lipinski definition) is 2. The van der Waals surface area contributed by atoms with E-state index >= 15 is 0 Å². The molecule has 2 atom stereocenters. The number of likely N-dealkylation sites (tertiary alicyclic amines) is 1. The summed E-state index contributed by atoms with van der Waals surface area (Å²) >= 11 is 0. The van der Waals surface area contributed by atoms with Crippen LogP contribution >= 0.6 is 0 Å². The monoisotopic (exact) mass is 567 g/mol. The minimum atomic E-state index is -0.717. The van der Waals surface area contributed by atoms with Gasteiger partial charge in [0, 0.05) is 19.1 Å². The number of rotatable bonds is 11. The molecular formula is C35H41N3O4. The van der Waals surface area contributed by atoms with E-state index in [1.807, 2.05) is 84.9 Å². The van der Waals surface area contributed by atoms with Crippen molar-refractivity contribution in [2.75, 3.05) is 6.54 Å². The number of nitrogens with zero attached hydrogens (tertiary/aromatic N) is 1. The van der Waals surface area contributed by atoms with E-state index in [9.17, 15) is 14.4 Å². The van der Waals surface area contributed by atoms with Crippen molar-refractivity contribution < 1.29 is 19.1 Å². The molecule has 2 aliphatic rings. The average molecular weight is 568 g/mol. The lowest BCUT2D eigenvalue weighted by atomic mass is 10.0. The topological polar surface area (TPSA) is 87.7 Å². The second kappa shape index (κ2) is 14.8. The first kappa shape index (κ1) is 29.5. The van der Waals surface area contributed by atoms with Crippen molar-refractivity contribution in [1.29, 1.82) is 0 Å². The van der Waals surface area contributed by atoms with E-state index in [1.54, 1.807) is 4.90 Å². The van der Waals surface area contributed by atoms with Crippen LogP contribution < -0.4 is 15.4 Å². The van der Waals surface area contributed by atoms with Crippen molar-refractivity contribution in [3.8, 4) is 11.5 Å². The summed E-state index contributed by atoms with van der Waals surface area (Å²) in [5.74, 6) is 0.293. The Morgan fingerprint density at radius 3 is 2.17 bits per heavy atom. The number of amides is 2. The summed E-state index contributed by atoms with van der Waals surface area (Å²) in [5, 5.41) is 6.43. The van der Waals surface area contributed by atoms with Crippen LogP contribution in [-0.2, 0) is 27.3 Å². The van der Waals surface area contributed by atoms with Gasteiger partial charge in [-0.15, -0.1) is 0 Å². The number of ether oxygens (including phenoxy) is 1. The third-order valence-electron chi connectivity index (χ3n) is 8.26. The molecule has 0 aromatic heterocycles. The Morgan fingerprint density at radius 2 is 1.43 bits per heavy atom. The number of nitrogens with one attached hydrogen (secondary N) is 2. The molecule has 220 valence electrons. The largest absolute Gasteiger partial charge is 0.457 e. The standard InChI is InChI=1S/C35H41N3O4/c39-33(34(40)37-28-16-7-1-2-8-17-28)32-21-12-22-38(32)35(41)31(24-26-13-5-3-6-14-26)36-25-27-15-11-20-30(23-27)42-29-18-9-4-10-19-29/h3-6,9-11,13-15,18-20,23,28,31-32,36H,1-2,7-8,12,16-17,21-22,24-25H2,(H,37,40)/t31-,32-/m0/s1. The van der Waals surface area contributed by atoms with Gasteiger partial charge in [0.2, 0.25) is 11.7 Å². The van der Waals surface area contributed by atoms with E-state index in [4.69, 9.17) is 4.74 Å². The van der Waals surface area contributed by atoms with Crippen LogP contribution in [0.2, 0.25) is 0 Å². The number of hydrogen-bond acceptors (Lipinski definition) is 5. The molecule has 1 saturated carbocycles. The second-order valence-corrected chi connectivity index (χ2v) is 11.4. The highest BCUT2D eigenvalue weighted by molar-refractivity contribution is 6.38. The SMILES string of the molecule is O=C(NC1CCCCCC1)C(=O)[C@@H]1CCCN1C(=O)[C@H](Cc1ccccc1)NCc1cccc(Oc2ccccc2)c1. The molecule has 0 radical (unpaired) electrons. The zero-order chi connectivity index (χ0) is 29.1. The first-order chi connectivity index (χ1) is 20.6. The predicted molar refractivity (Wildman–Crippen MR) is 163 cm³/mol. The molecule has 1 aliphatic heterocycles. The molecule has 42 heavy (non-hydrogen) atoms. The highest BCUT2D eigenvalue weighted by atomic mass is 16.5. The molecule has 2 N–H and O–H groups in total. The summed E-state index contributed by atoms with van der Waals surface area (Å²) in [4.78, 5) is 42.0. The highest BCUT2D eigenvalue weighted by Gasteiger charge is 2.39. The highest BCUT2D eigenvalue weighted by Crippen LogP contribution is 2.24. The normalized spacial score (nSPS) is 18.2. The lowest BCUT2D eigenvalue weighted by molar-refractivity contribution is -0.145. The molecule has 7 heteroatoms. The van der Waals surface area contributed by atoms with Gasteiger partial charge in [-0.05, 0) is 67.5 Å².